The molecule has 2 fully saturated rings. The van der Waals surface area contributed by atoms with Gasteiger partial charge in [0, 0.05) is 29.7 Å². The molecule has 0 amide bonds. The van der Waals surface area contributed by atoms with Gasteiger partial charge in [-0.05, 0) is 49.3 Å². The average molecular weight is 310 g/mol. The first-order valence-electron chi connectivity index (χ1n) is 6.84. The standard InChI is InChI=1S/C15H20BrNO/c1-10-5-14(16)6-13(15(10)18)9-17-7-11-3-2-4-12(11)8-17/h5-6,11-12,18H,2-4,7-9H2,1H3. The van der Waals surface area contributed by atoms with Gasteiger partial charge in [-0.1, -0.05) is 22.4 Å². The minimum atomic E-state index is 0.468. The van der Waals surface area contributed by atoms with Crippen molar-refractivity contribution in [3.63, 3.8) is 0 Å². The molecule has 0 bridgehead atoms. The highest BCUT2D eigenvalue weighted by Gasteiger charge is 2.35. The normalized spacial score (nSPS) is 27.7. The molecule has 0 spiro atoms. The van der Waals surface area contributed by atoms with Crippen LogP contribution in [0, 0.1) is 18.8 Å². The van der Waals surface area contributed by atoms with Crippen LogP contribution < -0.4 is 0 Å². The van der Waals surface area contributed by atoms with E-state index in [9.17, 15) is 5.11 Å². The lowest BCUT2D eigenvalue weighted by Gasteiger charge is -2.18. The maximum atomic E-state index is 10.1. The minimum Gasteiger partial charge on any atom is -0.507 e. The summed E-state index contributed by atoms with van der Waals surface area (Å²) in [5.74, 6) is 2.30. The highest BCUT2D eigenvalue weighted by Crippen LogP contribution is 2.39. The second-order valence-corrected chi connectivity index (χ2v) is 6.79. The van der Waals surface area contributed by atoms with E-state index in [4.69, 9.17) is 0 Å². The Hall–Kier alpha value is -0.540. The maximum absolute atomic E-state index is 10.1. The van der Waals surface area contributed by atoms with E-state index in [2.05, 4.69) is 26.9 Å². The molecule has 2 unspecified atom stereocenters. The number of benzene rings is 1. The van der Waals surface area contributed by atoms with Gasteiger partial charge in [-0.15, -0.1) is 0 Å². The summed E-state index contributed by atoms with van der Waals surface area (Å²) in [4.78, 5) is 2.51. The molecule has 1 saturated heterocycles. The molecular formula is C15H20BrNO. The van der Waals surface area contributed by atoms with E-state index >= 15 is 0 Å². The second-order valence-electron chi connectivity index (χ2n) is 5.88. The van der Waals surface area contributed by atoms with Crippen LogP contribution in [0.25, 0.3) is 0 Å². The van der Waals surface area contributed by atoms with Gasteiger partial charge in [-0.25, -0.2) is 0 Å². The molecule has 0 aromatic heterocycles. The van der Waals surface area contributed by atoms with Crippen LogP contribution in [0.4, 0.5) is 0 Å². The number of aryl methyl sites for hydroxylation is 1. The number of halogens is 1. The number of hydrogen-bond donors (Lipinski definition) is 1. The highest BCUT2D eigenvalue weighted by atomic mass is 79.9. The van der Waals surface area contributed by atoms with Crippen molar-refractivity contribution in [3.05, 3.63) is 27.7 Å². The summed E-state index contributed by atoms with van der Waals surface area (Å²) in [6.45, 7) is 5.28. The van der Waals surface area contributed by atoms with Crippen LogP contribution in [0.3, 0.4) is 0 Å². The summed E-state index contributed by atoms with van der Waals surface area (Å²) in [6.07, 6.45) is 4.24. The highest BCUT2D eigenvalue weighted by molar-refractivity contribution is 9.10. The van der Waals surface area contributed by atoms with E-state index in [-0.39, 0.29) is 0 Å². The van der Waals surface area contributed by atoms with Gasteiger partial charge in [-0.3, -0.25) is 4.90 Å². The molecule has 3 heteroatoms. The largest absolute Gasteiger partial charge is 0.507 e. The van der Waals surface area contributed by atoms with Crippen molar-refractivity contribution in [2.24, 2.45) is 11.8 Å². The predicted molar refractivity (Wildman–Crippen MR) is 76.7 cm³/mol. The Morgan fingerprint density at radius 2 is 1.94 bits per heavy atom. The average Bonchev–Trinajstić information content (AvgIpc) is 2.85. The third kappa shape index (κ3) is 2.30. The van der Waals surface area contributed by atoms with Crippen molar-refractivity contribution in [2.75, 3.05) is 13.1 Å². The zero-order valence-electron chi connectivity index (χ0n) is 10.8. The Morgan fingerprint density at radius 1 is 1.28 bits per heavy atom. The number of aromatic hydroxyl groups is 1. The summed E-state index contributed by atoms with van der Waals surface area (Å²) in [7, 11) is 0. The molecule has 1 aliphatic carbocycles. The molecule has 0 radical (unpaired) electrons. The van der Waals surface area contributed by atoms with Crippen LogP contribution in [0.1, 0.15) is 30.4 Å². The van der Waals surface area contributed by atoms with Crippen LogP contribution in [0.5, 0.6) is 5.75 Å². The fourth-order valence-corrected chi connectivity index (χ4v) is 4.25. The Morgan fingerprint density at radius 3 is 2.61 bits per heavy atom. The Labute approximate surface area is 117 Å². The summed E-state index contributed by atoms with van der Waals surface area (Å²) in [5, 5.41) is 10.1. The molecule has 2 aliphatic rings. The quantitative estimate of drug-likeness (QED) is 0.900. The van der Waals surface area contributed by atoms with Crippen LogP contribution in [0.2, 0.25) is 0 Å². The summed E-state index contributed by atoms with van der Waals surface area (Å²) in [6, 6.07) is 4.02. The molecule has 2 nitrogen and oxygen atoms in total. The predicted octanol–water partition coefficient (Wildman–Crippen LogP) is 3.70. The third-order valence-corrected chi connectivity index (χ3v) is 5.00. The van der Waals surface area contributed by atoms with E-state index in [1.54, 1.807) is 0 Å². The number of likely N-dealkylation sites (tertiary alicyclic amines) is 1. The van der Waals surface area contributed by atoms with E-state index in [0.29, 0.717) is 5.75 Å². The van der Waals surface area contributed by atoms with Crippen LogP contribution >= 0.6 is 15.9 Å². The summed E-state index contributed by atoms with van der Waals surface area (Å²) in [5.41, 5.74) is 2.01. The number of nitrogens with zero attached hydrogens (tertiary/aromatic N) is 1. The number of hydrogen-bond acceptors (Lipinski definition) is 2. The van der Waals surface area contributed by atoms with E-state index in [1.165, 1.54) is 32.4 Å². The fraction of sp³-hybridized carbons (Fsp3) is 0.600. The topological polar surface area (TPSA) is 23.5 Å². The molecule has 1 saturated carbocycles. The van der Waals surface area contributed by atoms with E-state index < -0.39 is 0 Å². The number of phenols is 1. The molecule has 1 heterocycles. The van der Waals surface area contributed by atoms with Crippen molar-refractivity contribution in [2.45, 2.75) is 32.7 Å². The monoisotopic (exact) mass is 309 g/mol. The Balaban J connectivity index is 1.74. The first-order valence-corrected chi connectivity index (χ1v) is 7.63. The van der Waals surface area contributed by atoms with Gasteiger partial charge >= 0.3 is 0 Å². The van der Waals surface area contributed by atoms with Gasteiger partial charge in [0.25, 0.3) is 0 Å². The minimum absolute atomic E-state index is 0.468. The van der Waals surface area contributed by atoms with Gasteiger partial charge in [0.15, 0.2) is 0 Å². The number of rotatable bonds is 2. The van der Waals surface area contributed by atoms with Crippen molar-refractivity contribution in [3.8, 4) is 5.75 Å². The molecule has 1 N–H and O–H groups in total. The van der Waals surface area contributed by atoms with Crippen LogP contribution in [0.15, 0.2) is 16.6 Å². The van der Waals surface area contributed by atoms with Crippen molar-refractivity contribution in [1.29, 1.82) is 0 Å². The van der Waals surface area contributed by atoms with Gasteiger partial charge in [-0.2, -0.15) is 0 Å². The summed E-state index contributed by atoms with van der Waals surface area (Å²) < 4.78 is 1.06. The van der Waals surface area contributed by atoms with E-state index in [1.807, 2.05) is 13.0 Å². The Kier molecular flexibility index (Phi) is 3.37. The molecule has 98 valence electrons. The lowest BCUT2D eigenvalue weighted by atomic mass is 10.0. The molecule has 3 rings (SSSR count). The number of fused-ring (bicyclic) bond motifs is 1. The molecular weight excluding hydrogens is 290 g/mol. The van der Waals surface area contributed by atoms with Gasteiger partial charge in [0.2, 0.25) is 0 Å². The van der Waals surface area contributed by atoms with Crippen LogP contribution in [-0.2, 0) is 6.54 Å². The molecule has 1 aromatic rings. The van der Waals surface area contributed by atoms with Gasteiger partial charge in [0.1, 0.15) is 5.75 Å². The smallest absolute Gasteiger partial charge is 0.123 e. The van der Waals surface area contributed by atoms with Crippen molar-refractivity contribution < 1.29 is 5.11 Å². The first-order chi connectivity index (χ1) is 8.63. The fourth-order valence-electron chi connectivity index (χ4n) is 3.63. The molecule has 18 heavy (non-hydrogen) atoms. The van der Waals surface area contributed by atoms with Crippen molar-refractivity contribution >= 4 is 15.9 Å². The lowest BCUT2D eigenvalue weighted by molar-refractivity contribution is 0.298. The third-order valence-electron chi connectivity index (χ3n) is 4.54. The maximum Gasteiger partial charge on any atom is 0.123 e. The molecule has 1 aromatic carbocycles. The zero-order chi connectivity index (χ0) is 12.7. The SMILES string of the molecule is Cc1cc(Br)cc(CN2CC3CCCC3C2)c1O. The summed E-state index contributed by atoms with van der Waals surface area (Å²) >= 11 is 3.52. The van der Waals surface area contributed by atoms with Gasteiger partial charge in [0.05, 0.1) is 0 Å². The molecule has 1 aliphatic heterocycles. The zero-order valence-corrected chi connectivity index (χ0v) is 12.4. The molecule has 2 atom stereocenters. The van der Waals surface area contributed by atoms with Crippen LogP contribution in [-0.4, -0.2) is 23.1 Å². The number of phenolic OH excluding ortho intramolecular Hbond substituents is 1. The first kappa shape index (κ1) is 12.5. The Bertz CT molecular complexity index is 448. The second kappa shape index (κ2) is 4.86. The van der Waals surface area contributed by atoms with Gasteiger partial charge < -0.3 is 5.11 Å². The lowest BCUT2D eigenvalue weighted by Crippen LogP contribution is -2.21. The van der Waals surface area contributed by atoms with E-state index in [0.717, 1.165) is 34.0 Å². The van der Waals surface area contributed by atoms with Crippen molar-refractivity contribution in [1.82, 2.24) is 4.90 Å².